The molecule has 3 heterocycles. The molecule has 1 aromatic carbocycles. The lowest BCUT2D eigenvalue weighted by Gasteiger charge is -2.37. The maximum absolute atomic E-state index is 13.0. The number of rotatable bonds is 4. The van der Waals surface area contributed by atoms with Crippen molar-refractivity contribution >= 4 is 22.9 Å². The number of H-pyrrole nitrogens is 1. The van der Waals surface area contributed by atoms with Gasteiger partial charge in [0.15, 0.2) is 0 Å². The van der Waals surface area contributed by atoms with Crippen molar-refractivity contribution < 1.29 is 4.79 Å². The van der Waals surface area contributed by atoms with Crippen LogP contribution in [0.2, 0.25) is 0 Å². The van der Waals surface area contributed by atoms with E-state index in [1.807, 2.05) is 46.8 Å². The summed E-state index contributed by atoms with van der Waals surface area (Å²) in [6.07, 6.45) is 2.50. The van der Waals surface area contributed by atoms with Gasteiger partial charge in [-0.15, -0.1) is 11.3 Å². The molecule has 0 fully saturated rings. The number of nitrogens with zero attached hydrogens (tertiary/aromatic N) is 2. The van der Waals surface area contributed by atoms with Crippen molar-refractivity contribution in [2.75, 3.05) is 11.9 Å². The Morgan fingerprint density at radius 1 is 1.25 bits per heavy atom. The fourth-order valence-corrected chi connectivity index (χ4v) is 3.87. The minimum atomic E-state index is -0.219. The van der Waals surface area contributed by atoms with Crippen LogP contribution < -0.4 is 5.32 Å². The number of carbonyl (C=O) groups excluding carboxylic acids is 1. The molecule has 2 aromatic heterocycles. The average Bonchev–Trinajstić information content (AvgIpc) is 3.28. The molecule has 4 rings (SSSR count). The number of nitrogens with one attached hydrogen (secondary N) is 2. The van der Waals surface area contributed by atoms with E-state index in [1.165, 1.54) is 0 Å². The highest BCUT2D eigenvalue weighted by atomic mass is 32.1. The summed E-state index contributed by atoms with van der Waals surface area (Å²) in [7, 11) is 0. The van der Waals surface area contributed by atoms with Gasteiger partial charge < -0.3 is 10.2 Å². The zero-order chi connectivity index (χ0) is 16.5. The number of aromatic nitrogens is 2. The molecule has 1 atom stereocenters. The van der Waals surface area contributed by atoms with Crippen LogP contribution in [-0.2, 0) is 0 Å². The minimum absolute atomic E-state index is 0.0644. The number of amides is 1. The van der Waals surface area contributed by atoms with Crippen LogP contribution in [0.3, 0.4) is 0 Å². The van der Waals surface area contributed by atoms with Gasteiger partial charge in [0.05, 0.1) is 22.3 Å². The fraction of sp³-hybridized carbons (Fsp3) is 0.222. The van der Waals surface area contributed by atoms with E-state index in [-0.39, 0.29) is 12.1 Å². The van der Waals surface area contributed by atoms with Crippen molar-refractivity contribution in [1.82, 2.24) is 15.1 Å². The highest BCUT2D eigenvalue weighted by Crippen LogP contribution is 2.37. The van der Waals surface area contributed by atoms with Gasteiger partial charge in [-0.25, -0.2) is 0 Å². The third-order valence-electron chi connectivity index (χ3n) is 4.22. The average molecular weight is 338 g/mol. The van der Waals surface area contributed by atoms with E-state index in [0.717, 1.165) is 33.8 Å². The monoisotopic (exact) mass is 338 g/mol. The zero-order valence-electron chi connectivity index (χ0n) is 13.3. The number of fused-ring (bicyclic) bond motifs is 1. The molecule has 0 saturated carbocycles. The molecular weight excluding hydrogens is 320 g/mol. The van der Waals surface area contributed by atoms with Crippen molar-refractivity contribution in [3.05, 3.63) is 59.1 Å². The summed E-state index contributed by atoms with van der Waals surface area (Å²) in [6, 6.07) is 11.8. The van der Waals surface area contributed by atoms with Gasteiger partial charge in [0, 0.05) is 17.8 Å². The quantitative estimate of drug-likeness (QED) is 0.752. The predicted octanol–water partition coefficient (Wildman–Crippen LogP) is 4.11. The van der Waals surface area contributed by atoms with Gasteiger partial charge in [0.25, 0.3) is 5.91 Å². The van der Waals surface area contributed by atoms with Crippen molar-refractivity contribution in [3.63, 3.8) is 0 Å². The third-order valence-corrected chi connectivity index (χ3v) is 5.10. The van der Waals surface area contributed by atoms with Crippen molar-refractivity contribution in [1.29, 1.82) is 0 Å². The molecule has 122 valence electrons. The molecule has 1 unspecified atom stereocenters. The van der Waals surface area contributed by atoms with Gasteiger partial charge in [0.1, 0.15) is 6.17 Å². The number of hydrogen-bond donors (Lipinski definition) is 2. The summed E-state index contributed by atoms with van der Waals surface area (Å²) in [5.74, 6) is 0.0644. The maximum Gasteiger partial charge on any atom is 0.257 e. The van der Waals surface area contributed by atoms with Gasteiger partial charge in [0.2, 0.25) is 0 Å². The van der Waals surface area contributed by atoms with E-state index in [1.54, 1.807) is 11.3 Å². The van der Waals surface area contributed by atoms with Gasteiger partial charge >= 0.3 is 0 Å². The van der Waals surface area contributed by atoms with Gasteiger partial charge in [-0.2, -0.15) is 5.10 Å². The second-order valence-corrected chi connectivity index (χ2v) is 6.72. The first-order chi connectivity index (χ1) is 11.8. The second-order valence-electron chi connectivity index (χ2n) is 5.77. The molecule has 1 aliphatic rings. The van der Waals surface area contributed by atoms with Gasteiger partial charge in [-0.3, -0.25) is 9.89 Å². The zero-order valence-corrected chi connectivity index (χ0v) is 14.1. The molecule has 5 nitrogen and oxygen atoms in total. The van der Waals surface area contributed by atoms with E-state index < -0.39 is 0 Å². The van der Waals surface area contributed by atoms with Crippen LogP contribution in [0.25, 0.3) is 10.6 Å². The molecule has 3 aromatic rings. The highest BCUT2D eigenvalue weighted by molar-refractivity contribution is 7.13. The fourth-order valence-electron chi connectivity index (χ4n) is 3.13. The summed E-state index contributed by atoms with van der Waals surface area (Å²) >= 11 is 1.66. The maximum atomic E-state index is 13.0. The Morgan fingerprint density at radius 3 is 2.92 bits per heavy atom. The molecule has 0 spiro atoms. The summed E-state index contributed by atoms with van der Waals surface area (Å²) in [6.45, 7) is 2.78. The number of benzene rings is 1. The van der Waals surface area contributed by atoms with Crippen LogP contribution in [0, 0.1) is 0 Å². The number of thiophene rings is 1. The normalized spacial score (nSPS) is 16.8. The number of carbonyl (C=O) groups is 1. The Labute approximate surface area is 144 Å². The Morgan fingerprint density at radius 2 is 2.12 bits per heavy atom. The Kier molecular flexibility index (Phi) is 3.82. The Balaban J connectivity index is 1.80. The molecule has 0 saturated heterocycles. The van der Waals surface area contributed by atoms with Crippen LogP contribution in [0.5, 0.6) is 0 Å². The Hall–Kier alpha value is -2.60. The van der Waals surface area contributed by atoms with E-state index in [9.17, 15) is 4.79 Å². The first kappa shape index (κ1) is 15.0. The molecule has 1 amide bonds. The molecule has 0 aliphatic carbocycles. The summed E-state index contributed by atoms with van der Waals surface area (Å²) < 4.78 is 0. The van der Waals surface area contributed by atoms with E-state index in [4.69, 9.17) is 0 Å². The highest BCUT2D eigenvalue weighted by Gasteiger charge is 2.34. The lowest BCUT2D eigenvalue weighted by molar-refractivity contribution is 0.0684. The first-order valence-electron chi connectivity index (χ1n) is 8.03. The molecular formula is C18H18N4OS. The van der Waals surface area contributed by atoms with E-state index in [2.05, 4.69) is 28.5 Å². The number of hydrogen-bond acceptors (Lipinski definition) is 4. The molecule has 0 radical (unpaired) electrons. The van der Waals surface area contributed by atoms with E-state index >= 15 is 0 Å². The topological polar surface area (TPSA) is 61.0 Å². The number of para-hydroxylation sites is 1. The van der Waals surface area contributed by atoms with Crippen LogP contribution in [0.1, 0.15) is 35.4 Å². The molecule has 6 heteroatoms. The van der Waals surface area contributed by atoms with Crippen molar-refractivity contribution in [3.8, 4) is 10.6 Å². The Bertz CT molecular complexity index is 856. The standard InChI is InChI=1S/C18H18N4OS/c1-2-9-22-17(20-14-7-4-3-6-12(14)18(22)23)13-11-19-21-16(13)15-8-5-10-24-15/h3-8,10-11,17,20H,2,9H2,1H3,(H,19,21). The SMILES string of the molecule is CCCN1C(=O)c2ccccc2NC1c1cn[nH]c1-c1cccs1. The molecule has 2 N–H and O–H groups in total. The lowest BCUT2D eigenvalue weighted by Crippen LogP contribution is -2.43. The number of anilines is 1. The van der Waals surface area contributed by atoms with Crippen LogP contribution in [0.4, 0.5) is 5.69 Å². The van der Waals surface area contributed by atoms with Gasteiger partial charge in [-0.05, 0) is 30.0 Å². The lowest BCUT2D eigenvalue weighted by atomic mass is 10.0. The molecule has 0 bridgehead atoms. The largest absolute Gasteiger partial charge is 0.361 e. The summed E-state index contributed by atoms with van der Waals surface area (Å²) in [5, 5.41) is 12.9. The first-order valence-corrected chi connectivity index (χ1v) is 8.91. The predicted molar refractivity (Wildman–Crippen MR) is 96.0 cm³/mol. The summed E-state index contributed by atoms with van der Waals surface area (Å²) in [5.41, 5.74) is 3.56. The molecule has 1 aliphatic heterocycles. The number of aromatic amines is 1. The van der Waals surface area contributed by atoms with Crippen LogP contribution >= 0.6 is 11.3 Å². The van der Waals surface area contributed by atoms with Crippen molar-refractivity contribution in [2.45, 2.75) is 19.5 Å². The molecule has 24 heavy (non-hydrogen) atoms. The second kappa shape index (κ2) is 6.13. The van der Waals surface area contributed by atoms with Crippen molar-refractivity contribution in [2.24, 2.45) is 0 Å². The summed E-state index contributed by atoms with van der Waals surface area (Å²) in [4.78, 5) is 16.0. The van der Waals surface area contributed by atoms with Crippen LogP contribution in [-0.4, -0.2) is 27.5 Å². The van der Waals surface area contributed by atoms with E-state index in [0.29, 0.717) is 6.54 Å². The van der Waals surface area contributed by atoms with Gasteiger partial charge in [-0.1, -0.05) is 25.1 Å². The third kappa shape index (κ3) is 2.39. The smallest absolute Gasteiger partial charge is 0.257 e. The minimum Gasteiger partial charge on any atom is -0.361 e. The van der Waals surface area contributed by atoms with Crippen LogP contribution in [0.15, 0.2) is 48.0 Å².